The molecular weight excluding hydrogens is 413 g/mol. The van der Waals surface area contributed by atoms with Crippen LogP contribution in [-0.2, 0) is 11.2 Å². The molecule has 1 saturated heterocycles. The molecule has 5 heteroatoms. The summed E-state index contributed by atoms with van der Waals surface area (Å²) in [6.45, 7) is 4.25. The van der Waals surface area contributed by atoms with Gasteiger partial charge in [0.15, 0.2) is 0 Å². The molecule has 0 saturated carbocycles. The van der Waals surface area contributed by atoms with E-state index in [1.807, 2.05) is 29.1 Å². The summed E-state index contributed by atoms with van der Waals surface area (Å²) >= 11 is 0. The van der Waals surface area contributed by atoms with Crippen LogP contribution in [0.2, 0.25) is 0 Å². The molecule has 172 valence electrons. The molecule has 1 aliphatic heterocycles. The zero-order valence-corrected chi connectivity index (χ0v) is 19.5. The summed E-state index contributed by atoms with van der Waals surface area (Å²) in [5.41, 5.74) is 5.78. The summed E-state index contributed by atoms with van der Waals surface area (Å²) in [7, 11) is 1.89. The normalized spacial score (nSPS) is 14.3. The first-order valence-electron chi connectivity index (χ1n) is 11.7. The van der Waals surface area contributed by atoms with Gasteiger partial charge in [0, 0.05) is 56.6 Å². The minimum Gasteiger partial charge on any atom is -0.374 e. The lowest BCUT2D eigenvalue weighted by Gasteiger charge is -2.32. The third kappa shape index (κ3) is 5.98. The van der Waals surface area contributed by atoms with Crippen molar-refractivity contribution < 1.29 is 9.18 Å². The Morgan fingerprint density at radius 1 is 1.09 bits per heavy atom. The second-order valence-electron chi connectivity index (χ2n) is 9.00. The van der Waals surface area contributed by atoms with Crippen molar-refractivity contribution in [2.45, 2.75) is 38.5 Å². The topological polar surface area (TPSA) is 36.4 Å². The van der Waals surface area contributed by atoms with E-state index in [1.165, 1.54) is 28.8 Å². The maximum Gasteiger partial charge on any atom is 0.224 e. The van der Waals surface area contributed by atoms with Crippen molar-refractivity contribution >= 4 is 11.6 Å². The first-order valence-corrected chi connectivity index (χ1v) is 11.7. The highest BCUT2D eigenvalue weighted by atomic mass is 19.1. The van der Waals surface area contributed by atoms with Crippen molar-refractivity contribution in [3.63, 3.8) is 0 Å². The highest BCUT2D eigenvalue weighted by Gasteiger charge is 2.24. The number of likely N-dealkylation sites (tertiary alicyclic amines) is 1. The number of amides is 1. The average molecular weight is 446 g/mol. The number of hydrogen-bond acceptors (Lipinski definition) is 3. The van der Waals surface area contributed by atoms with Gasteiger partial charge in [-0.05, 0) is 67.1 Å². The Labute approximate surface area is 196 Å². The summed E-state index contributed by atoms with van der Waals surface area (Å²) in [6, 6.07) is 19.3. The Morgan fingerprint density at radius 3 is 2.58 bits per heavy atom. The lowest BCUT2D eigenvalue weighted by Crippen LogP contribution is -2.39. The first kappa shape index (κ1) is 23.0. The number of piperidine rings is 1. The molecule has 0 bridgehead atoms. The van der Waals surface area contributed by atoms with Crippen molar-refractivity contribution in [1.29, 1.82) is 0 Å². The molecule has 0 unspecified atom stereocenters. The summed E-state index contributed by atoms with van der Waals surface area (Å²) < 4.78 is 13.4. The van der Waals surface area contributed by atoms with E-state index in [9.17, 15) is 9.18 Å². The molecule has 0 N–H and O–H groups in total. The van der Waals surface area contributed by atoms with Crippen LogP contribution in [0.1, 0.15) is 47.6 Å². The number of aromatic nitrogens is 1. The number of pyridine rings is 1. The molecule has 1 fully saturated rings. The molecule has 0 atom stereocenters. The van der Waals surface area contributed by atoms with Crippen molar-refractivity contribution in [2.24, 2.45) is 0 Å². The van der Waals surface area contributed by atoms with Crippen LogP contribution in [0, 0.1) is 12.7 Å². The average Bonchev–Trinajstić information content (AvgIpc) is 2.84. The van der Waals surface area contributed by atoms with Gasteiger partial charge >= 0.3 is 0 Å². The highest BCUT2D eigenvalue weighted by molar-refractivity contribution is 5.77. The largest absolute Gasteiger partial charge is 0.374 e. The number of aryl methyl sites for hydroxylation is 1. The van der Waals surface area contributed by atoms with Gasteiger partial charge in [-0.25, -0.2) is 4.39 Å². The predicted molar refractivity (Wildman–Crippen MR) is 131 cm³/mol. The Hall–Kier alpha value is -3.21. The van der Waals surface area contributed by atoms with Crippen LogP contribution >= 0.6 is 0 Å². The predicted octanol–water partition coefficient (Wildman–Crippen LogP) is 5.35. The van der Waals surface area contributed by atoms with Gasteiger partial charge in [-0.1, -0.05) is 36.4 Å². The molecule has 1 amide bonds. The number of carbonyl (C=O) groups excluding carboxylic acids is 1. The van der Waals surface area contributed by atoms with E-state index in [1.54, 1.807) is 6.07 Å². The summed E-state index contributed by atoms with van der Waals surface area (Å²) in [5.74, 6) is 0.305. The summed E-state index contributed by atoms with van der Waals surface area (Å²) in [6.07, 6.45) is 5.22. The number of halogens is 1. The van der Waals surface area contributed by atoms with Gasteiger partial charge < -0.3 is 9.80 Å². The van der Waals surface area contributed by atoms with Crippen molar-refractivity contribution in [1.82, 2.24) is 9.88 Å². The molecule has 2 aromatic carbocycles. The van der Waals surface area contributed by atoms with E-state index in [0.29, 0.717) is 18.9 Å². The van der Waals surface area contributed by atoms with Crippen molar-refractivity contribution in [3.05, 3.63) is 95.1 Å². The van der Waals surface area contributed by atoms with Crippen LogP contribution in [0.5, 0.6) is 0 Å². The zero-order valence-electron chi connectivity index (χ0n) is 19.5. The lowest BCUT2D eigenvalue weighted by atomic mass is 9.92. The number of hydrogen-bond donors (Lipinski definition) is 0. The number of carbonyl (C=O) groups is 1. The van der Waals surface area contributed by atoms with Gasteiger partial charge in [0.1, 0.15) is 5.82 Å². The molecule has 0 aliphatic carbocycles. The smallest absolute Gasteiger partial charge is 0.224 e. The van der Waals surface area contributed by atoms with Gasteiger partial charge in [0.25, 0.3) is 0 Å². The maximum absolute atomic E-state index is 13.4. The fraction of sp³-hybridized carbons (Fsp3) is 0.357. The second-order valence-corrected chi connectivity index (χ2v) is 9.00. The van der Waals surface area contributed by atoms with Crippen molar-refractivity contribution in [2.75, 3.05) is 31.6 Å². The standard InChI is InChI=1S/C28H32FN3O/c1-21-6-3-4-7-24(21)18-22-10-11-27(30-20-22)23-12-16-32(17-13-23)28(33)14-15-31(2)26-9-5-8-25(29)19-26/h3-11,19-20,23H,12-18H2,1-2H3. The Bertz CT molecular complexity index is 1070. The van der Waals surface area contributed by atoms with E-state index in [2.05, 4.69) is 43.3 Å². The second kappa shape index (κ2) is 10.6. The van der Waals surface area contributed by atoms with Crippen LogP contribution in [-0.4, -0.2) is 42.5 Å². The first-order chi connectivity index (χ1) is 16.0. The molecule has 1 aromatic heterocycles. The molecule has 4 rings (SSSR count). The van der Waals surface area contributed by atoms with Gasteiger partial charge in [0.2, 0.25) is 5.91 Å². The minimum atomic E-state index is -0.260. The molecule has 4 nitrogen and oxygen atoms in total. The Kier molecular flexibility index (Phi) is 7.38. The Morgan fingerprint density at radius 2 is 1.88 bits per heavy atom. The van der Waals surface area contributed by atoms with Crippen molar-refractivity contribution in [3.8, 4) is 0 Å². The fourth-order valence-electron chi connectivity index (χ4n) is 4.50. The molecule has 1 aliphatic rings. The lowest BCUT2D eigenvalue weighted by molar-refractivity contribution is -0.132. The molecular formula is C28H32FN3O. The quantitative estimate of drug-likeness (QED) is 0.492. The number of anilines is 1. The third-order valence-corrected chi connectivity index (χ3v) is 6.68. The molecule has 33 heavy (non-hydrogen) atoms. The fourth-order valence-corrected chi connectivity index (χ4v) is 4.50. The molecule has 0 radical (unpaired) electrons. The third-order valence-electron chi connectivity index (χ3n) is 6.68. The van der Waals surface area contributed by atoms with E-state index in [0.717, 1.165) is 43.7 Å². The molecule has 3 aromatic rings. The van der Waals surface area contributed by atoms with Gasteiger partial charge in [-0.15, -0.1) is 0 Å². The van der Waals surface area contributed by atoms with Crippen LogP contribution in [0.4, 0.5) is 10.1 Å². The molecule has 2 heterocycles. The summed E-state index contributed by atoms with van der Waals surface area (Å²) in [4.78, 5) is 21.3. The van der Waals surface area contributed by atoms with Crippen LogP contribution in [0.25, 0.3) is 0 Å². The maximum atomic E-state index is 13.4. The minimum absolute atomic E-state index is 0.165. The van der Waals surface area contributed by atoms with Gasteiger partial charge in [0.05, 0.1) is 0 Å². The van der Waals surface area contributed by atoms with Gasteiger partial charge in [-0.2, -0.15) is 0 Å². The highest BCUT2D eigenvalue weighted by Crippen LogP contribution is 2.27. The van der Waals surface area contributed by atoms with Crippen LogP contribution < -0.4 is 4.90 Å². The number of rotatable bonds is 7. The SMILES string of the molecule is Cc1ccccc1Cc1ccc(C2CCN(C(=O)CCN(C)c3cccc(F)c3)CC2)nc1. The summed E-state index contributed by atoms with van der Waals surface area (Å²) in [5, 5.41) is 0. The molecule has 0 spiro atoms. The van der Waals surface area contributed by atoms with Crippen LogP contribution in [0.15, 0.2) is 66.9 Å². The Balaban J connectivity index is 1.25. The zero-order chi connectivity index (χ0) is 23.2. The van der Waals surface area contributed by atoms with Gasteiger partial charge in [-0.3, -0.25) is 9.78 Å². The number of benzene rings is 2. The van der Waals surface area contributed by atoms with E-state index in [-0.39, 0.29) is 11.7 Å². The monoisotopic (exact) mass is 445 g/mol. The van der Waals surface area contributed by atoms with Crippen LogP contribution in [0.3, 0.4) is 0 Å². The van der Waals surface area contributed by atoms with E-state index < -0.39 is 0 Å². The number of nitrogens with zero attached hydrogens (tertiary/aromatic N) is 3. The van der Waals surface area contributed by atoms with E-state index >= 15 is 0 Å². The van der Waals surface area contributed by atoms with E-state index in [4.69, 9.17) is 4.98 Å².